The largest absolute Gasteiger partial charge is 0.305 e. The van der Waals surface area contributed by atoms with Crippen molar-refractivity contribution >= 4 is 0 Å². The maximum absolute atomic E-state index is 4.36. The zero-order chi connectivity index (χ0) is 12.1. The predicted octanol–water partition coefficient (Wildman–Crippen LogP) is 1.88. The molecule has 17 heavy (non-hydrogen) atoms. The van der Waals surface area contributed by atoms with Crippen LogP contribution in [0.2, 0.25) is 0 Å². The first-order valence-electron chi connectivity index (χ1n) is 5.73. The molecule has 4 heteroatoms. The van der Waals surface area contributed by atoms with Gasteiger partial charge in [0.2, 0.25) is 0 Å². The van der Waals surface area contributed by atoms with Crippen molar-refractivity contribution < 1.29 is 0 Å². The summed E-state index contributed by atoms with van der Waals surface area (Å²) >= 11 is 0. The monoisotopic (exact) mass is 228 g/mol. The Morgan fingerprint density at radius 2 is 2.12 bits per heavy atom. The lowest BCUT2D eigenvalue weighted by atomic mass is 10.0. The van der Waals surface area contributed by atoms with Crippen molar-refractivity contribution in [3.05, 3.63) is 53.9 Å². The molecule has 0 aromatic carbocycles. The average Bonchev–Trinajstić information content (AvgIpc) is 2.37. The van der Waals surface area contributed by atoms with Crippen molar-refractivity contribution in [3.63, 3.8) is 0 Å². The van der Waals surface area contributed by atoms with Gasteiger partial charge in [-0.05, 0) is 31.2 Å². The van der Waals surface area contributed by atoms with Crippen LogP contribution in [-0.4, -0.2) is 21.5 Å². The van der Waals surface area contributed by atoms with Gasteiger partial charge in [-0.1, -0.05) is 6.92 Å². The minimum atomic E-state index is 0.0791. The van der Waals surface area contributed by atoms with Gasteiger partial charge < -0.3 is 5.32 Å². The van der Waals surface area contributed by atoms with Crippen LogP contribution in [0.15, 0.2) is 36.9 Å². The Morgan fingerprint density at radius 3 is 2.76 bits per heavy atom. The van der Waals surface area contributed by atoms with E-state index >= 15 is 0 Å². The summed E-state index contributed by atoms with van der Waals surface area (Å²) in [5.74, 6) is 0. The molecule has 0 aliphatic rings. The zero-order valence-corrected chi connectivity index (χ0v) is 10.1. The van der Waals surface area contributed by atoms with E-state index in [0.717, 1.165) is 17.9 Å². The third-order valence-corrected chi connectivity index (χ3v) is 2.54. The van der Waals surface area contributed by atoms with Gasteiger partial charge in [0.15, 0.2) is 0 Å². The summed E-state index contributed by atoms with van der Waals surface area (Å²) in [6.07, 6.45) is 7.02. The quantitative estimate of drug-likeness (QED) is 0.868. The van der Waals surface area contributed by atoms with E-state index < -0.39 is 0 Å². The summed E-state index contributed by atoms with van der Waals surface area (Å²) in [5.41, 5.74) is 3.11. The number of hydrogen-bond acceptors (Lipinski definition) is 4. The van der Waals surface area contributed by atoms with Crippen molar-refractivity contribution in [3.8, 4) is 0 Å². The Hall–Kier alpha value is -1.81. The van der Waals surface area contributed by atoms with Crippen LogP contribution in [-0.2, 0) is 0 Å². The third kappa shape index (κ3) is 2.85. The molecular formula is C13H16N4. The minimum Gasteiger partial charge on any atom is -0.305 e. The van der Waals surface area contributed by atoms with E-state index in [9.17, 15) is 0 Å². The highest BCUT2D eigenvalue weighted by atomic mass is 14.9. The molecule has 1 atom stereocenters. The second kappa shape index (κ2) is 5.50. The number of pyridine rings is 1. The SMILES string of the molecule is CCNC(c1ccnc(C)c1)c1cnccn1. The standard InChI is InChI=1S/C13H16N4/c1-3-15-13(12-9-14-6-7-17-12)11-4-5-16-10(2)8-11/h4-9,13,15H,3H2,1-2H3. The van der Waals surface area contributed by atoms with Gasteiger partial charge in [0.05, 0.1) is 17.9 Å². The molecule has 0 saturated carbocycles. The van der Waals surface area contributed by atoms with Crippen LogP contribution in [0, 0.1) is 6.92 Å². The number of aryl methyl sites for hydroxylation is 1. The molecule has 2 heterocycles. The van der Waals surface area contributed by atoms with Gasteiger partial charge in [0, 0.05) is 24.3 Å². The number of nitrogens with zero attached hydrogens (tertiary/aromatic N) is 3. The highest BCUT2D eigenvalue weighted by molar-refractivity contribution is 5.26. The van der Waals surface area contributed by atoms with Crippen LogP contribution >= 0.6 is 0 Å². The summed E-state index contributed by atoms with van der Waals surface area (Å²) in [7, 11) is 0. The Morgan fingerprint density at radius 1 is 1.24 bits per heavy atom. The van der Waals surface area contributed by atoms with Crippen molar-refractivity contribution in [1.82, 2.24) is 20.3 Å². The average molecular weight is 228 g/mol. The molecule has 0 amide bonds. The van der Waals surface area contributed by atoms with Crippen LogP contribution in [0.5, 0.6) is 0 Å². The van der Waals surface area contributed by atoms with Gasteiger partial charge >= 0.3 is 0 Å². The van der Waals surface area contributed by atoms with Gasteiger partial charge in [-0.2, -0.15) is 0 Å². The fourth-order valence-electron chi connectivity index (χ4n) is 1.80. The summed E-state index contributed by atoms with van der Waals surface area (Å²) < 4.78 is 0. The van der Waals surface area contributed by atoms with Crippen LogP contribution in [0.4, 0.5) is 0 Å². The molecule has 2 aromatic heterocycles. The van der Waals surface area contributed by atoms with Gasteiger partial charge in [-0.15, -0.1) is 0 Å². The molecule has 0 spiro atoms. The molecule has 1 unspecified atom stereocenters. The van der Waals surface area contributed by atoms with E-state index in [1.165, 1.54) is 5.56 Å². The van der Waals surface area contributed by atoms with E-state index in [-0.39, 0.29) is 6.04 Å². The highest BCUT2D eigenvalue weighted by Crippen LogP contribution is 2.19. The molecule has 2 aromatic rings. The smallest absolute Gasteiger partial charge is 0.0801 e. The normalized spacial score (nSPS) is 12.4. The first-order valence-corrected chi connectivity index (χ1v) is 5.73. The molecule has 1 N–H and O–H groups in total. The number of nitrogens with one attached hydrogen (secondary N) is 1. The fraction of sp³-hybridized carbons (Fsp3) is 0.308. The molecule has 88 valence electrons. The number of hydrogen-bond donors (Lipinski definition) is 1. The molecule has 0 saturated heterocycles. The second-order valence-corrected chi connectivity index (χ2v) is 3.85. The lowest BCUT2D eigenvalue weighted by Gasteiger charge is -2.17. The molecule has 2 rings (SSSR count). The van der Waals surface area contributed by atoms with Gasteiger partial charge in [-0.25, -0.2) is 0 Å². The molecule has 0 bridgehead atoms. The van der Waals surface area contributed by atoms with Crippen LogP contribution < -0.4 is 5.32 Å². The van der Waals surface area contributed by atoms with E-state index in [2.05, 4.69) is 33.3 Å². The Kier molecular flexibility index (Phi) is 3.77. The topological polar surface area (TPSA) is 50.7 Å². The first-order chi connectivity index (χ1) is 8.31. The Bertz CT molecular complexity index is 470. The minimum absolute atomic E-state index is 0.0791. The predicted molar refractivity (Wildman–Crippen MR) is 66.5 cm³/mol. The second-order valence-electron chi connectivity index (χ2n) is 3.85. The molecule has 0 fully saturated rings. The lowest BCUT2D eigenvalue weighted by molar-refractivity contribution is 0.611. The molecule has 0 aliphatic heterocycles. The third-order valence-electron chi connectivity index (χ3n) is 2.54. The van der Waals surface area contributed by atoms with Gasteiger partial charge in [-0.3, -0.25) is 15.0 Å². The zero-order valence-electron chi connectivity index (χ0n) is 10.1. The first kappa shape index (κ1) is 11.7. The summed E-state index contributed by atoms with van der Waals surface area (Å²) in [6, 6.07) is 4.16. The fourth-order valence-corrected chi connectivity index (χ4v) is 1.80. The van der Waals surface area contributed by atoms with Crippen molar-refractivity contribution in [2.24, 2.45) is 0 Å². The molecule has 0 aliphatic carbocycles. The van der Waals surface area contributed by atoms with Gasteiger partial charge in [0.25, 0.3) is 0 Å². The van der Waals surface area contributed by atoms with E-state index in [0.29, 0.717) is 0 Å². The Balaban J connectivity index is 2.35. The van der Waals surface area contributed by atoms with Crippen molar-refractivity contribution in [2.75, 3.05) is 6.54 Å². The van der Waals surface area contributed by atoms with Gasteiger partial charge in [0.1, 0.15) is 0 Å². The molecule has 0 radical (unpaired) electrons. The van der Waals surface area contributed by atoms with E-state index in [4.69, 9.17) is 0 Å². The summed E-state index contributed by atoms with van der Waals surface area (Å²) in [5, 5.41) is 3.41. The van der Waals surface area contributed by atoms with Crippen LogP contribution in [0.25, 0.3) is 0 Å². The number of aromatic nitrogens is 3. The van der Waals surface area contributed by atoms with E-state index in [1.54, 1.807) is 18.6 Å². The molecular weight excluding hydrogens is 212 g/mol. The maximum atomic E-state index is 4.36. The highest BCUT2D eigenvalue weighted by Gasteiger charge is 2.14. The van der Waals surface area contributed by atoms with Crippen LogP contribution in [0.1, 0.15) is 29.9 Å². The maximum Gasteiger partial charge on any atom is 0.0801 e. The van der Waals surface area contributed by atoms with Crippen molar-refractivity contribution in [1.29, 1.82) is 0 Å². The summed E-state index contributed by atoms with van der Waals surface area (Å²) in [6.45, 7) is 4.95. The van der Waals surface area contributed by atoms with Crippen molar-refractivity contribution in [2.45, 2.75) is 19.9 Å². The summed E-state index contributed by atoms with van der Waals surface area (Å²) in [4.78, 5) is 12.7. The van der Waals surface area contributed by atoms with Crippen LogP contribution in [0.3, 0.4) is 0 Å². The van der Waals surface area contributed by atoms with E-state index in [1.807, 2.05) is 19.2 Å². The Labute approximate surface area is 101 Å². The lowest BCUT2D eigenvalue weighted by Crippen LogP contribution is -2.23. The number of rotatable bonds is 4. The molecule has 4 nitrogen and oxygen atoms in total.